The van der Waals surface area contributed by atoms with Crippen molar-refractivity contribution in [2.24, 2.45) is 4.99 Å². The summed E-state index contributed by atoms with van der Waals surface area (Å²) in [5.41, 5.74) is 0.627. The summed E-state index contributed by atoms with van der Waals surface area (Å²) in [5.74, 6) is 0.168. The second kappa shape index (κ2) is 11.0. The molecular formula is C13H18Cl3N3OS. The summed E-state index contributed by atoms with van der Waals surface area (Å²) in [6.45, 7) is 5.40. The lowest BCUT2D eigenvalue weighted by atomic mass is 10.3. The molecule has 1 aromatic carbocycles. The van der Waals surface area contributed by atoms with Crippen LogP contribution >= 0.6 is 47.4 Å². The van der Waals surface area contributed by atoms with Gasteiger partial charge in [0.1, 0.15) is 0 Å². The molecule has 0 saturated heterocycles. The van der Waals surface area contributed by atoms with Gasteiger partial charge in [0.25, 0.3) is 0 Å². The van der Waals surface area contributed by atoms with E-state index in [0.29, 0.717) is 22.3 Å². The Morgan fingerprint density at radius 1 is 1.29 bits per heavy atom. The zero-order valence-electron chi connectivity index (χ0n) is 11.8. The first-order valence-corrected chi connectivity index (χ1v) is 7.97. The van der Waals surface area contributed by atoms with Gasteiger partial charge < -0.3 is 10.6 Å². The first-order valence-electron chi connectivity index (χ1n) is 6.22. The molecule has 0 aromatic heterocycles. The molecule has 0 aliphatic rings. The summed E-state index contributed by atoms with van der Waals surface area (Å²) in [6, 6.07) is 4.98. The van der Waals surface area contributed by atoms with Crippen LogP contribution in [-0.4, -0.2) is 29.9 Å². The number of halogens is 3. The predicted octanol–water partition coefficient (Wildman–Crippen LogP) is 4.07. The lowest BCUT2D eigenvalue weighted by Gasteiger charge is -2.08. The van der Waals surface area contributed by atoms with E-state index in [1.165, 1.54) is 11.8 Å². The highest BCUT2D eigenvalue weighted by atomic mass is 35.5. The number of rotatable bonds is 5. The number of benzene rings is 1. The minimum Gasteiger partial charge on any atom is -0.365 e. The normalized spacial score (nSPS) is 10.8. The summed E-state index contributed by atoms with van der Waals surface area (Å²) in [5, 5.41) is 7.53. The number of nitrogens with one attached hydrogen (secondary N) is 2. The number of nitrogens with zero attached hydrogens (tertiary/aromatic N) is 1. The number of amides is 1. The van der Waals surface area contributed by atoms with Gasteiger partial charge in [-0.2, -0.15) is 0 Å². The van der Waals surface area contributed by atoms with E-state index in [0.717, 1.165) is 11.7 Å². The van der Waals surface area contributed by atoms with Crippen LogP contribution < -0.4 is 10.6 Å². The SMILES string of the molecule is CCN=C(NCC)SCC(=O)Nc1ccc(Cl)c(Cl)c1.Cl. The lowest BCUT2D eigenvalue weighted by molar-refractivity contribution is -0.113. The molecule has 1 rings (SSSR count). The van der Waals surface area contributed by atoms with Crippen LogP contribution in [0.1, 0.15) is 13.8 Å². The number of hydrogen-bond donors (Lipinski definition) is 2. The van der Waals surface area contributed by atoms with Crippen LogP contribution in [0.4, 0.5) is 5.69 Å². The topological polar surface area (TPSA) is 53.5 Å². The molecule has 0 atom stereocenters. The molecule has 8 heteroatoms. The minimum atomic E-state index is -0.116. The number of anilines is 1. The van der Waals surface area contributed by atoms with E-state index < -0.39 is 0 Å². The van der Waals surface area contributed by atoms with Crippen molar-refractivity contribution in [3.05, 3.63) is 28.2 Å². The minimum absolute atomic E-state index is 0. The molecule has 21 heavy (non-hydrogen) atoms. The van der Waals surface area contributed by atoms with Crippen molar-refractivity contribution in [2.75, 3.05) is 24.2 Å². The smallest absolute Gasteiger partial charge is 0.234 e. The Labute approximate surface area is 145 Å². The molecule has 0 unspecified atom stereocenters. The third-order valence-electron chi connectivity index (χ3n) is 2.17. The fourth-order valence-electron chi connectivity index (χ4n) is 1.35. The fraction of sp³-hybridized carbons (Fsp3) is 0.385. The molecule has 4 nitrogen and oxygen atoms in total. The van der Waals surface area contributed by atoms with Gasteiger partial charge in [0.15, 0.2) is 5.17 Å². The van der Waals surface area contributed by atoms with E-state index in [2.05, 4.69) is 15.6 Å². The number of aliphatic imine (C=N–C) groups is 1. The number of hydrogen-bond acceptors (Lipinski definition) is 3. The van der Waals surface area contributed by atoms with Crippen molar-refractivity contribution in [2.45, 2.75) is 13.8 Å². The molecule has 0 spiro atoms. The number of carbonyl (C=O) groups excluding carboxylic acids is 1. The Morgan fingerprint density at radius 2 is 2.00 bits per heavy atom. The van der Waals surface area contributed by atoms with E-state index in [9.17, 15) is 4.79 Å². The van der Waals surface area contributed by atoms with E-state index in [1.807, 2.05) is 13.8 Å². The summed E-state index contributed by atoms with van der Waals surface area (Å²) in [6.07, 6.45) is 0. The van der Waals surface area contributed by atoms with E-state index in [4.69, 9.17) is 23.2 Å². The Hall–Kier alpha value is -0.620. The lowest BCUT2D eigenvalue weighted by Crippen LogP contribution is -2.23. The highest BCUT2D eigenvalue weighted by molar-refractivity contribution is 8.14. The average Bonchev–Trinajstić information content (AvgIpc) is 2.41. The highest BCUT2D eigenvalue weighted by Gasteiger charge is 2.07. The number of thioether (sulfide) groups is 1. The zero-order chi connectivity index (χ0) is 15.0. The molecule has 0 fully saturated rings. The van der Waals surface area contributed by atoms with Crippen LogP contribution in [0.2, 0.25) is 10.0 Å². The van der Waals surface area contributed by atoms with E-state index in [-0.39, 0.29) is 24.1 Å². The zero-order valence-corrected chi connectivity index (χ0v) is 14.9. The highest BCUT2D eigenvalue weighted by Crippen LogP contribution is 2.25. The van der Waals surface area contributed by atoms with Gasteiger partial charge in [-0.25, -0.2) is 0 Å². The largest absolute Gasteiger partial charge is 0.365 e. The van der Waals surface area contributed by atoms with Gasteiger partial charge in [-0.3, -0.25) is 9.79 Å². The maximum absolute atomic E-state index is 11.8. The van der Waals surface area contributed by atoms with Crippen LogP contribution in [-0.2, 0) is 4.79 Å². The molecule has 0 aliphatic carbocycles. The quantitative estimate of drug-likeness (QED) is 0.607. The monoisotopic (exact) mass is 369 g/mol. The van der Waals surface area contributed by atoms with Crippen LogP contribution in [0.15, 0.2) is 23.2 Å². The predicted molar refractivity (Wildman–Crippen MR) is 96.5 cm³/mol. The van der Waals surface area contributed by atoms with Crippen LogP contribution in [0, 0.1) is 0 Å². The van der Waals surface area contributed by atoms with Crippen molar-refractivity contribution in [3.63, 3.8) is 0 Å². The fourth-order valence-corrected chi connectivity index (χ4v) is 2.46. The maximum Gasteiger partial charge on any atom is 0.234 e. The van der Waals surface area contributed by atoms with Gasteiger partial charge in [0.05, 0.1) is 15.8 Å². The second-order valence-corrected chi connectivity index (χ2v) is 5.55. The molecule has 1 amide bonds. The van der Waals surface area contributed by atoms with Gasteiger partial charge in [-0.15, -0.1) is 12.4 Å². The molecule has 0 radical (unpaired) electrons. The summed E-state index contributed by atoms with van der Waals surface area (Å²) in [7, 11) is 0. The van der Waals surface area contributed by atoms with E-state index in [1.54, 1.807) is 18.2 Å². The van der Waals surface area contributed by atoms with Gasteiger partial charge in [0.2, 0.25) is 5.91 Å². The molecule has 1 aromatic rings. The van der Waals surface area contributed by atoms with Crippen molar-refractivity contribution < 1.29 is 4.79 Å². The van der Waals surface area contributed by atoms with Gasteiger partial charge >= 0.3 is 0 Å². The Kier molecular flexibility index (Phi) is 10.7. The molecule has 2 N–H and O–H groups in total. The molecule has 0 saturated carbocycles. The third-order valence-corrected chi connectivity index (χ3v) is 3.87. The van der Waals surface area contributed by atoms with Crippen LogP contribution in [0.5, 0.6) is 0 Å². The standard InChI is InChI=1S/C13H17Cl2N3OS.ClH/c1-3-16-13(17-4-2)20-8-12(19)18-9-5-6-10(14)11(15)7-9;/h5-7H,3-4,8H2,1-2H3,(H,16,17)(H,18,19);1H. The van der Waals surface area contributed by atoms with Crippen LogP contribution in [0.3, 0.4) is 0 Å². The van der Waals surface area contributed by atoms with Gasteiger partial charge in [0, 0.05) is 18.8 Å². The molecule has 0 heterocycles. The Morgan fingerprint density at radius 3 is 2.57 bits per heavy atom. The van der Waals surface area contributed by atoms with Crippen molar-refractivity contribution in [3.8, 4) is 0 Å². The van der Waals surface area contributed by atoms with Crippen molar-refractivity contribution in [1.82, 2.24) is 5.32 Å². The van der Waals surface area contributed by atoms with E-state index >= 15 is 0 Å². The molecule has 0 aliphatic heterocycles. The molecule has 0 bridgehead atoms. The van der Waals surface area contributed by atoms with Crippen LogP contribution in [0.25, 0.3) is 0 Å². The third kappa shape index (κ3) is 7.81. The molecular weight excluding hydrogens is 353 g/mol. The second-order valence-electron chi connectivity index (χ2n) is 3.78. The molecule has 118 valence electrons. The Balaban J connectivity index is 0.00000400. The maximum atomic E-state index is 11.8. The van der Waals surface area contributed by atoms with Crippen molar-refractivity contribution >= 4 is 64.1 Å². The number of carbonyl (C=O) groups is 1. The number of amidine groups is 1. The van der Waals surface area contributed by atoms with Gasteiger partial charge in [-0.05, 0) is 32.0 Å². The first kappa shape index (κ1) is 20.4. The average molecular weight is 371 g/mol. The van der Waals surface area contributed by atoms with Crippen molar-refractivity contribution in [1.29, 1.82) is 0 Å². The summed E-state index contributed by atoms with van der Waals surface area (Å²) >= 11 is 13.1. The first-order chi connectivity index (χ1) is 9.56. The summed E-state index contributed by atoms with van der Waals surface area (Å²) < 4.78 is 0. The van der Waals surface area contributed by atoms with Gasteiger partial charge in [-0.1, -0.05) is 35.0 Å². The Bertz CT molecular complexity index is 498. The summed E-state index contributed by atoms with van der Waals surface area (Å²) in [4.78, 5) is 16.1.